The predicted octanol–water partition coefficient (Wildman–Crippen LogP) is 4.27. The number of pyridine rings is 1. The topological polar surface area (TPSA) is 93.2 Å². The van der Waals surface area contributed by atoms with Crippen LogP contribution in [0.25, 0.3) is 6.08 Å². The zero-order valence-corrected chi connectivity index (χ0v) is 18.2. The van der Waals surface area contributed by atoms with Crippen molar-refractivity contribution in [2.75, 3.05) is 20.3 Å². The lowest BCUT2D eigenvalue weighted by Gasteiger charge is -2.27. The molecular weight excluding hydrogens is 438 g/mol. The molecule has 34 heavy (non-hydrogen) atoms. The Balaban J connectivity index is 1.41. The van der Waals surface area contributed by atoms with E-state index in [1.54, 1.807) is 36.5 Å². The second kappa shape index (κ2) is 7.91. The van der Waals surface area contributed by atoms with E-state index in [0.717, 1.165) is 11.1 Å². The summed E-state index contributed by atoms with van der Waals surface area (Å²) in [7, 11) is 1.34. The van der Waals surface area contributed by atoms with Crippen molar-refractivity contribution in [3.05, 3.63) is 76.7 Å². The van der Waals surface area contributed by atoms with Gasteiger partial charge in [-0.2, -0.15) is 0 Å². The third-order valence-electron chi connectivity index (χ3n) is 6.03. The lowest BCUT2D eigenvalue weighted by atomic mass is 9.85. The van der Waals surface area contributed by atoms with Crippen molar-refractivity contribution in [1.29, 1.82) is 0 Å². The molecule has 8 heteroatoms. The monoisotopic (exact) mass is 457 g/mol. The first kappa shape index (κ1) is 20.3. The summed E-state index contributed by atoms with van der Waals surface area (Å²) < 4.78 is 28.2. The van der Waals surface area contributed by atoms with Crippen molar-refractivity contribution in [2.45, 2.75) is 12.3 Å². The Kier molecular flexibility index (Phi) is 4.72. The lowest BCUT2D eigenvalue weighted by Crippen LogP contribution is -2.16. The molecule has 4 heterocycles. The number of carbonyl (C=O) groups excluding carboxylic acids is 2. The highest BCUT2D eigenvalue weighted by molar-refractivity contribution is 6.15. The Morgan fingerprint density at radius 1 is 1.09 bits per heavy atom. The Bertz CT molecular complexity index is 1380. The normalized spacial score (nSPS) is 18.3. The predicted molar refractivity (Wildman–Crippen MR) is 120 cm³/mol. The molecule has 6 rings (SSSR count). The van der Waals surface area contributed by atoms with Crippen LogP contribution in [-0.4, -0.2) is 37.1 Å². The fourth-order valence-corrected chi connectivity index (χ4v) is 4.45. The van der Waals surface area contributed by atoms with Gasteiger partial charge < -0.3 is 23.7 Å². The van der Waals surface area contributed by atoms with Crippen LogP contribution >= 0.6 is 0 Å². The highest BCUT2D eigenvalue weighted by Gasteiger charge is 2.39. The second-order valence-electron chi connectivity index (χ2n) is 8.03. The van der Waals surface area contributed by atoms with Gasteiger partial charge >= 0.3 is 5.97 Å². The smallest absolute Gasteiger partial charge is 0.306 e. The molecule has 0 amide bonds. The van der Waals surface area contributed by atoms with E-state index in [9.17, 15) is 9.59 Å². The molecule has 2 aromatic carbocycles. The fourth-order valence-electron chi connectivity index (χ4n) is 4.45. The minimum absolute atomic E-state index is 0.0563. The van der Waals surface area contributed by atoms with E-state index in [2.05, 4.69) is 4.98 Å². The molecule has 0 N–H and O–H groups in total. The molecule has 1 aromatic heterocycles. The van der Waals surface area contributed by atoms with Crippen molar-refractivity contribution in [3.8, 4) is 28.9 Å². The summed E-state index contributed by atoms with van der Waals surface area (Å²) in [6.07, 6.45) is 3.35. The number of methoxy groups -OCH3 is 1. The number of allylic oxidation sites excluding steroid dienone is 1. The van der Waals surface area contributed by atoms with Crippen molar-refractivity contribution in [1.82, 2.24) is 4.98 Å². The van der Waals surface area contributed by atoms with Crippen molar-refractivity contribution in [3.63, 3.8) is 0 Å². The molecule has 0 bridgehead atoms. The van der Waals surface area contributed by atoms with Gasteiger partial charge in [0.05, 0.1) is 19.1 Å². The number of fused-ring (bicyclic) bond motifs is 5. The molecule has 3 aliphatic heterocycles. The van der Waals surface area contributed by atoms with E-state index in [1.807, 2.05) is 18.2 Å². The fraction of sp³-hybridized carbons (Fsp3) is 0.192. The summed E-state index contributed by atoms with van der Waals surface area (Å²) in [5, 5.41) is 0. The van der Waals surface area contributed by atoms with Gasteiger partial charge in [-0.15, -0.1) is 0 Å². The van der Waals surface area contributed by atoms with Crippen molar-refractivity contribution >= 4 is 17.8 Å². The zero-order valence-electron chi connectivity index (χ0n) is 18.2. The highest BCUT2D eigenvalue weighted by atomic mass is 16.6. The number of carbonyl (C=O) groups is 2. The van der Waals surface area contributed by atoms with E-state index < -0.39 is 5.92 Å². The summed E-state index contributed by atoms with van der Waals surface area (Å²) in [5.41, 5.74) is 2.51. The second-order valence-corrected chi connectivity index (χ2v) is 8.03. The van der Waals surface area contributed by atoms with Crippen LogP contribution in [0.2, 0.25) is 0 Å². The van der Waals surface area contributed by atoms with Gasteiger partial charge in [-0.1, -0.05) is 12.1 Å². The number of esters is 1. The van der Waals surface area contributed by atoms with Gasteiger partial charge in [0, 0.05) is 23.2 Å². The molecule has 0 unspecified atom stereocenters. The minimum atomic E-state index is -0.434. The first-order valence-corrected chi connectivity index (χ1v) is 10.8. The van der Waals surface area contributed by atoms with Crippen LogP contribution in [-0.2, 0) is 9.53 Å². The summed E-state index contributed by atoms with van der Waals surface area (Å²) >= 11 is 0. The Morgan fingerprint density at radius 3 is 2.76 bits per heavy atom. The first-order valence-electron chi connectivity index (χ1n) is 10.8. The van der Waals surface area contributed by atoms with Crippen LogP contribution in [0.15, 0.2) is 54.4 Å². The SMILES string of the molecule is COC(=O)C[C@@H]1c2cccnc2Oc2ccc3c(c21)O/C(=C\c1ccc2c(c1)OCCO2)C3=O. The third kappa shape index (κ3) is 3.26. The molecule has 0 radical (unpaired) electrons. The van der Waals surface area contributed by atoms with E-state index in [-0.39, 0.29) is 23.9 Å². The van der Waals surface area contributed by atoms with Gasteiger partial charge in [-0.05, 0) is 42.0 Å². The maximum atomic E-state index is 13.2. The number of benzene rings is 2. The van der Waals surface area contributed by atoms with Crippen molar-refractivity contribution in [2.24, 2.45) is 0 Å². The van der Waals surface area contributed by atoms with E-state index in [4.69, 9.17) is 23.7 Å². The summed E-state index contributed by atoms with van der Waals surface area (Å²) in [6.45, 7) is 0.973. The summed E-state index contributed by atoms with van der Waals surface area (Å²) in [4.78, 5) is 29.8. The van der Waals surface area contributed by atoms with Crippen LogP contribution in [0.5, 0.6) is 28.9 Å². The van der Waals surface area contributed by atoms with Crippen LogP contribution in [0, 0.1) is 0 Å². The largest absolute Gasteiger partial charge is 0.486 e. The summed E-state index contributed by atoms with van der Waals surface area (Å²) in [6, 6.07) is 12.5. The number of nitrogens with zero attached hydrogens (tertiary/aromatic N) is 1. The molecule has 3 aliphatic rings. The van der Waals surface area contributed by atoms with E-state index >= 15 is 0 Å². The van der Waals surface area contributed by atoms with Crippen LogP contribution < -0.4 is 18.9 Å². The Labute approximate surface area is 194 Å². The van der Waals surface area contributed by atoms with Gasteiger partial charge in [0.1, 0.15) is 24.7 Å². The molecule has 0 aliphatic carbocycles. The molecule has 3 aromatic rings. The van der Waals surface area contributed by atoms with Gasteiger partial charge in [-0.3, -0.25) is 9.59 Å². The number of aromatic nitrogens is 1. The average molecular weight is 457 g/mol. The average Bonchev–Trinajstić information content (AvgIpc) is 3.18. The van der Waals surface area contributed by atoms with Gasteiger partial charge in [-0.25, -0.2) is 4.98 Å². The lowest BCUT2D eigenvalue weighted by molar-refractivity contribution is -0.140. The quantitative estimate of drug-likeness (QED) is 0.425. The Hall–Kier alpha value is -4.33. The molecular formula is C26H19NO7. The first-order chi connectivity index (χ1) is 16.6. The van der Waals surface area contributed by atoms with Crippen LogP contribution in [0.1, 0.15) is 39.4 Å². The molecule has 0 saturated carbocycles. The third-order valence-corrected chi connectivity index (χ3v) is 6.03. The standard InChI is InChI=1S/C26H19NO7/c1-30-22(28)13-17-15-3-2-8-27-26(15)34-19-7-5-16-24(29)21(33-25(16)23(17)19)12-14-4-6-18-20(11-14)32-10-9-31-18/h2-8,11-12,17H,9-10,13H2,1H3/b21-12-/t17-/m1/s1. The molecule has 0 fully saturated rings. The van der Waals surface area contributed by atoms with Crippen molar-refractivity contribution < 1.29 is 33.3 Å². The van der Waals surface area contributed by atoms with Gasteiger partial charge in [0.15, 0.2) is 17.3 Å². The Morgan fingerprint density at radius 2 is 1.91 bits per heavy atom. The van der Waals surface area contributed by atoms with E-state index in [0.29, 0.717) is 53.2 Å². The molecule has 1 atom stereocenters. The minimum Gasteiger partial charge on any atom is -0.486 e. The number of hydrogen-bond donors (Lipinski definition) is 0. The molecule has 0 spiro atoms. The number of hydrogen-bond acceptors (Lipinski definition) is 8. The molecule has 0 saturated heterocycles. The zero-order chi connectivity index (χ0) is 23.2. The molecule has 170 valence electrons. The number of ether oxygens (including phenoxy) is 5. The van der Waals surface area contributed by atoms with Crippen LogP contribution in [0.4, 0.5) is 0 Å². The number of Topliss-reactive ketones (excluding diaryl/α,β-unsaturated/α-hetero) is 1. The maximum Gasteiger partial charge on any atom is 0.306 e. The maximum absolute atomic E-state index is 13.2. The summed E-state index contributed by atoms with van der Waals surface area (Å²) in [5.74, 6) is 1.69. The van der Waals surface area contributed by atoms with Gasteiger partial charge in [0.25, 0.3) is 0 Å². The van der Waals surface area contributed by atoms with E-state index in [1.165, 1.54) is 7.11 Å². The number of rotatable bonds is 3. The number of ketones is 1. The van der Waals surface area contributed by atoms with Crippen LogP contribution in [0.3, 0.4) is 0 Å². The van der Waals surface area contributed by atoms with Gasteiger partial charge in [0.2, 0.25) is 11.7 Å². The highest BCUT2D eigenvalue weighted by Crippen LogP contribution is 2.52. The molecule has 8 nitrogen and oxygen atoms in total.